The van der Waals surface area contributed by atoms with E-state index >= 15 is 0 Å². The van der Waals surface area contributed by atoms with Crippen LogP contribution in [0.15, 0.2) is 37.1 Å². The van der Waals surface area contributed by atoms with Crippen LogP contribution < -0.4 is 4.90 Å². The van der Waals surface area contributed by atoms with Crippen LogP contribution >= 0.6 is 22.6 Å². The van der Waals surface area contributed by atoms with E-state index in [-0.39, 0.29) is 30.5 Å². The topological polar surface area (TPSA) is 101 Å². The second-order valence-corrected chi connectivity index (χ2v) is 10.7. The summed E-state index contributed by atoms with van der Waals surface area (Å²) >= 11 is 2.25. The monoisotopic (exact) mass is 566 g/mol. The fourth-order valence-corrected chi connectivity index (χ4v) is 6.06. The average molecular weight is 566 g/mol. The maximum atomic E-state index is 13.9. The summed E-state index contributed by atoms with van der Waals surface area (Å²) in [5.74, 6) is -0.617. The van der Waals surface area contributed by atoms with Gasteiger partial charge in [-0.3, -0.25) is 9.48 Å². The number of hydrogen-bond donors (Lipinski definition) is 2. The molecular weight excluding hydrogens is 535 g/mol. The minimum atomic E-state index is -1.15. The number of rotatable bonds is 8. The summed E-state index contributed by atoms with van der Waals surface area (Å²) in [5, 5.41) is 28.5. The standard InChI is InChI=1S/C24H31IN4O4/c1-5-10-29-19-7-6-16(25)13-18(19)24(22(29)31)15(2)21(23(3,4)32)20(33-24)8-11-28-14-17(9-12-30)26-27-28/h5-7,13-15,20-21,30,32H,1,8-12H2,2-4H3/t15-,20+,21-,24+/m0/s1. The van der Waals surface area contributed by atoms with Crippen molar-refractivity contribution in [2.24, 2.45) is 11.8 Å². The third-order valence-electron chi connectivity index (χ3n) is 6.85. The van der Waals surface area contributed by atoms with Crippen LogP contribution in [0.2, 0.25) is 0 Å². The zero-order valence-electron chi connectivity index (χ0n) is 19.2. The smallest absolute Gasteiger partial charge is 0.264 e. The van der Waals surface area contributed by atoms with E-state index in [1.807, 2.05) is 31.3 Å². The summed E-state index contributed by atoms with van der Waals surface area (Å²) in [6, 6.07) is 5.98. The number of aliphatic hydroxyl groups is 2. The first-order chi connectivity index (χ1) is 15.6. The quantitative estimate of drug-likeness (QED) is 0.377. The molecule has 2 aliphatic heterocycles. The predicted molar refractivity (Wildman–Crippen MR) is 133 cm³/mol. The Balaban J connectivity index is 1.70. The number of nitrogens with zero attached hydrogens (tertiary/aromatic N) is 4. The van der Waals surface area contributed by atoms with Gasteiger partial charge in [0.15, 0.2) is 5.60 Å². The van der Waals surface area contributed by atoms with E-state index in [1.165, 1.54) is 0 Å². The Hall–Kier alpha value is -1.82. The molecule has 1 aromatic carbocycles. The second-order valence-electron chi connectivity index (χ2n) is 9.46. The van der Waals surface area contributed by atoms with Crippen LogP contribution in [0.4, 0.5) is 5.69 Å². The number of hydrogen-bond acceptors (Lipinski definition) is 6. The van der Waals surface area contributed by atoms with E-state index in [0.29, 0.717) is 25.9 Å². The molecule has 0 radical (unpaired) electrons. The van der Waals surface area contributed by atoms with E-state index in [1.54, 1.807) is 29.5 Å². The number of aliphatic hydroxyl groups excluding tert-OH is 1. The Morgan fingerprint density at radius 2 is 2.15 bits per heavy atom. The number of aromatic nitrogens is 3. The lowest BCUT2D eigenvalue weighted by Gasteiger charge is -2.34. The molecule has 0 bridgehead atoms. The molecule has 1 amide bonds. The molecule has 1 spiro atoms. The third kappa shape index (κ3) is 4.13. The normalized spacial score (nSPS) is 26.9. The van der Waals surface area contributed by atoms with E-state index < -0.39 is 11.2 Å². The molecule has 4 rings (SSSR count). The van der Waals surface area contributed by atoms with Gasteiger partial charge in [-0.25, -0.2) is 0 Å². The SMILES string of the molecule is C=CCN1C(=O)[C@]2(O[C@H](CCn3cc(CCO)nn3)[C@@H](C(C)(C)O)[C@@H]2C)c2cc(I)ccc21. The average Bonchev–Trinajstić information content (AvgIpc) is 3.38. The molecule has 3 heterocycles. The van der Waals surface area contributed by atoms with Crippen molar-refractivity contribution in [1.82, 2.24) is 15.0 Å². The molecule has 9 heteroatoms. The van der Waals surface area contributed by atoms with Crippen molar-refractivity contribution >= 4 is 34.2 Å². The fraction of sp³-hybridized carbons (Fsp3) is 0.542. The number of amides is 1. The maximum absolute atomic E-state index is 13.9. The second kappa shape index (κ2) is 9.09. The van der Waals surface area contributed by atoms with Crippen molar-refractivity contribution in [3.63, 3.8) is 0 Å². The third-order valence-corrected chi connectivity index (χ3v) is 7.53. The lowest BCUT2D eigenvalue weighted by Crippen LogP contribution is -2.46. The lowest BCUT2D eigenvalue weighted by molar-refractivity contribution is -0.146. The molecule has 4 atom stereocenters. The Labute approximate surface area is 207 Å². The number of carbonyl (C=O) groups excluding carboxylic acids is 1. The zero-order valence-corrected chi connectivity index (χ0v) is 21.4. The number of anilines is 1. The van der Waals surface area contributed by atoms with Crippen LogP contribution in [-0.4, -0.2) is 56.0 Å². The molecule has 8 nitrogen and oxygen atoms in total. The van der Waals surface area contributed by atoms with Crippen LogP contribution in [0.1, 0.15) is 38.4 Å². The lowest BCUT2D eigenvalue weighted by atomic mass is 9.71. The summed E-state index contributed by atoms with van der Waals surface area (Å²) < 4.78 is 9.47. The molecular formula is C24H31IN4O4. The highest BCUT2D eigenvalue weighted by Crippen LogP contribution is 2.57. The van der Waals surface area contributed by atoms with Gasteiger partial charge in [0.25, 0.3) is 5.91 Å². The highest BCUT2D eigenvalue weighted by Gasteiger charge is 2.65. The Bertz CT molecular complexity index is 1050. The molecule has 1 fully saturated rings. The van der Waals surface area contributed by atoms with Gasteiger partial charge in [0.1, 0.15) is 0 Å². The van der Waals surface area contributed by atoms with Crippen LogP contribution in [-0.2, 0) is 28.1 Å². The van der Waals surface area contributed by atoms with Gasteiger partial charge >= 0.3 is 0 Å². The predicted octanol–water partition coefficient (Wildman–Crippen LogP) is 2.66. The molecule has 0 unspecified atom stereocenters. The van der Waals surface area contributed by atoms with E-state index in [4.69, 9.17) is 9.84 Å². The van der Waals surface area contributed by atoms with E-state index in [9.17, 15) is 9.90 Å². The van der Waals surface area contributed by atoms with Gasteiger partial charge in [-0.1, -0.05) is 18.2 Å². The zero-order chi connectivity index (χ0) is 24.0. The first kappa shape index (κ1) is 24.3. The van der Waals surface area contributed by atoms with Gasteiger partial charge in [-0.05, 0) is 61.1 Å². The highest BCUT2D eigenvalue weighted by molar-refractivity contribution is 14.1. The van der Waals surface area contributed by atoms with Crippen LogP contribution in [0.3, 0.4) is 0 Å². The van der Waals surface area contributed by atoms with Crippen molar-refractivity contribution < 1.29 is 19.7 Å². The van der Waals surface area contributed by atoms with Crippen molar-refractivity contribution in [3.8, 4) is 0 Å². The molecule has 0 aliphatic carbocycles. The number of benzene rings is 1. The summed E-state index contributed by atoms with van der Waals surface area (Å²) in [5.41, 5.74) is 0.220. The minimum absolute atomic E-state index is 0.0206. The van der Waals surface area contributed by atoms with Gasteiger partial charge in [-0.2, -0.15) is 0 Å². The van der Waals surface area contributed by atoms with Gasteiger partial charge in [0.2, 0.25) is 0 Å². The number of halogens is 1. The van der Waals surface area contributed by atoms with E-state index in [0.717, 1.165) is 20.5 Å². The molecule has 2 aliphatic rings. The van der Waals surface area contributed by atoms with Crippen molar-refractivity contribution in [3.05, 3.63) is 51.9 Å². The first-order valence-corrected chi connectivity index (χ1v) is 12.3. The maximum Gasteiger partial charge on any atom is 0.264 e. The summed E-state index contributed by atoms with van der Waals surface area (Å²) in [6.07, 6.45) is 4.20. The Kier molecular flexibility index (Phi) is 6.69. The molecule has 2 aromatic rings. The minimum Gasteiger partial charge on any atom is -0.396 e. The molecule has 0 saturated carbocycles. The molecule has 2 N–H and O–H groups in total. The Morgan fingerprint density at radius 3 is 2.82 bits per heavy atom. The number of fused-ring (bicyclic) bond motifs is 2. The Morgan fingerprint density at radius 1 is 1.39 bits per heavy atom. The van der Waals surface area contributed by atoms with Gasteiger partial charge in [-0.15, -0.1) is 11.7 Å². The number of aryl methyl sites for hydroxylation is 1. The highest BCUT2D eigenvalue weighted by atomic mass is 127. The van der Waals surface area contributed by atoms with Crippen molar-refractivity contribution in [2.45, 2.75) is 57.5 Å². The summed E-state index contributed by atoms with van der Waals surface area (Å²) in [7, 11) is 0. The summed E-state index contributed by atoms with van der Waals surface area (Å²) in [4.78, 5) is 15.6. The van der Waals surface area contributed by atoms with Crippen LogP contribution in [0, 0.1) is 15.4 Å². The summed E-state index contributed by atoms with van der Waals surface area (Å²) in [6.45, 7) is 10.4. The molecule has 33 heavy (non-hydrogen) atoms. The van der Waals surface area contributed by atoms with Crippen molar-refractivity contribution in [2.75, 3.05) is 18.1 Å². The van der Waals surface area contributed by atoms with Crippen molar-refractivity contribution in [1.29, 1.82) is 0 Å². The van der Waals surface area contributed by atoms with Crippen LogP contribution in [0.5, 0.6) is 0 Å². The molecule has 1 aromatic heterocycles. The number of ether oxygens (including phenoxy) is 1. The van der Waals surface area contributed by atoms with Gasteiger partial charge in [0.05, 0.1) is 23.1 Å². The number of carbonyl (C=O) groups is 1. The van der Waals surface area contributed by atoms with Gasteiger partial charge < -0.3 is 19.8 Å². The fourth-order valence-electron chi connectivity index (χ4n) is 5.57. The molecule has 178 valence electrons. The van der Waals surface area contributed by atoms with Crippen LogP contribution in [0.25, 0.3) is 0 Å². The first-order valence-electron chi connectivity index (χ1n) is 11.3. The largest absolute Gasteiger partial charge is 0.396 e. The van der Waals surface area contributed by atoms with E-state index in [2.05, 4.69) is 39.5 Å². The van der Waals surface area contributed by atoms with Gasteiger partial charge in [0, 0.05) is 53.3 Å². The molecule has 1 saturated heterocycles.